The third kappa shape index (κ3) is 5.12. The van der Waals surface area contributed by atoms with Crippen molar-refractivity contribution in [2.24, 2.45) is 0 Å². The number of carbonyl (C=O) groups excluding carboxylic acids is 1. The highest BCUT2D eigenvalue weighted by molar-refractivity contribution is 7.99. The second-order valence-electron chi connectivity index (χ2n) is 9.71. The Morgan fingerprint density at radius 2 is 1.69 bits per heavy atom. The third-order valence-electron chi connectivity index (χ3n) is 5.12. The number of methoxy groups -OCH3 is 1. The molecule has 0 aliphatic heterocycles. The van der Waals surface area contributed by atoms with Crippen LogP contribution >= 0.6 is 11.8 Å². The smallest absolute Gasteiger partial charge is 0.214 e. The zero-order valence-corrected chi connectivity index (χ0v) is 20.4. The van der Waals surface area contributed by atoms with Gasteiger partial charge in [-0.3, -0.25) is 4.79 Å². The molecule has 0 spiro atoms. The summed E-state index contributed by atoms with van der Waals surface area (Å²) in [6.07, 6.45) is 0. The van der Waals surface area contributed by atoms with Gasteiger partial charge in [0.15, 0.2) is 5.78 Å². The molecule has 0 unspecified atom stereocenters. The Kier molecular flexibility index (Phi) is 6.64. The summed E-state index contributed by atoms with van der Waals surface area (Å²) in [4.78, 5) is 13.2. The summed E-state index contributed by atoms with van der Waals surface area (Å²) >= 11 is 1.27. The number of aromatic hydroxyl groups is 1. The Labute approximate surface area is 193 Å². The number of nitrogens with zero attached hydrogens (tertiary/aromatic N) is 4. The molecular weight excluding hydrogens is 424 g/mol. The summed E-state index contributed by atoms with van der Waals surface area (Å²) < 4.78 is 6.85. The summed E-state index contributed by atoms with van der Waals surface area (Å²) in [7, 11) is 1.60. The molecule has 170 valence electrons. The second-order valence-corrected chi connectivity index (χ2v) is 10.6. The number of hydrogen-bond acceptors (Lipinski definition) is 7. The van der Waals surface area contributed by atoms with Crippen LogP contribution < -0.4 is 4.74 Å². The number of aromatic nitrogens is 4. The minimum Gasteiger partial charge on any atom is -0.507 e. The van der Waals surface area contributed by atoms with Crippen LogP contribution in [0.4, 0.5) is 0 Å². The van der Waals surface area contributed by atoms with Crippen molar-refractivity contribution in [2.45, 2.75) is 57.5 Å². The topological polar surface area (TPSA) is 90.1 Å². The van der Waals surface area contributed by atoms with Gasteiger partial charge in [0.05, 0.1) is 18.6 Å². The average Bonchev–Trinajstić information content (AvgIpc) is 3.19. The first-order chi connectivity index (χ1) is 14.9. The lowest BCUT2D eigenvalue weighted by Gasteiger charge is -2.28. The largest absolute Gasteiger partial charge is 0.507 e. The molecule has 0 fully saturated rings. The van der Waals surface area contributed by atoms with Crippen molar-refractivity contribution in [1.29, 1.82) is 0 Å². The lowest BCUT2D eigenvalue weighted by Crippen LogP contribution is -2.19. The number of phenolic OH excluding ortho intramolecular Hbond substituents is 1. The molecule has 0 amide bonds. The molecule has 0 aliphatic rings. The number of tetrazole rings is 1. The van der Waals surface area contributed by atoms with Crippen LogP contribution in [0.1, 0.15) is 63.0 Å². The highest BCUT2D eigenvalue weighted by atomic mass is 32.2. The van der Waals surface area contributed by atoms with Gasteiger partial charge in [0.1, 0.15) is 11.5 Å². The first kappa shape index (κ1) is 23.8. The SMILES string of the molecule is COc1cccc(-n2nnnc2SCC(=O)c2cc(C(C)(C)C)c(O)c(C(C)(C)C)c2)c1. The summed E-state index contributed by atoms with van der Waals surface area (Å²) in [5, 5.41) is 23.3. The van der Waals surface area contributed by atoms with Crippen molar-refractivity contribution in [2.75, 3.05) is 12.9 Å². The fourth-order valence-electron chi connectivity index (χ4n) is 3.33. The van der Waals surface area contributed by atoms with Crippen LogP contribution in [0, 0.1) is 0 Å². The number of ether oxygens (including phenoxy) is 1. The molecule has 0 bridgehead atoms. The van der Waals surface area contributed by atoms with E-state index in [-0.39, 0.29) is 28.1 Å². The Balaban J connectivity index is 1.89. The minimum atomic E-state index is -0.302. The first-order valence-corrected chi connectivity index (χ1v) is 11.4. The molecule has 0 saturated heterocycles. The molecule has 8 heteroatoms. The van der Waals surface area contributed by atoms with E-state index in [9.17, 15) is 9.90 Å². The molecule has 1 N–H and O–H groups in total. The van der Waals surface area contributed by atoms with Crippen LogP contribution in [-0.2, 0) is 10.8 Å². The lowest BCUT2D eigenvalue weighted by atomic mass is 9.78. The number of rotatable bonds is 6. The Morgan fingerprint density at radius 3 is 2.25 bits per heavy atom. The quantitative estimate of drug-likeness (QED) is 0.416. The van der Waals surface area contributed by atoms with E-state index in [1.165, 1.54) is 11.8 Å². The highest BCUT2D eigenvalue weighted by Gasteiger charge is 2.28. The van der Waals surface area contributed by atoms with Crippen molar-refractivity contribution < 1.29 is 14.6 Å². The number of ketones is 1. The van der Waals surface area contributed by atoms with Crippen molar-refractivity contribution in [3.63, 3.8) is 0 Å². The molecule has 0 radical (unpaired) electrons. The molecule has 0 saturated carbocycles. The number of phenols is 1. The molecular formula is C24H30N4O3S. The summed E-state index contributed by atoms with van der Waals surface area (Å²) in [6.45, 7) is 12.2. The van der Waals surface area contributed by atoms with Gasteiger partial charge in [-0.25, -0.2) is 0 Å². The van der Waals surface area contributed by atoms with Crippen molar-refractivity contribution in [3.05, 3.63) is 53.1 Å². The monoisotopic (exact) mass is 454 g/mol. The average molecular weight is 455 g/mol. The van der Waals surface area contributed by atoms with E-state index in [4.69, 9.17) is 4.74 Å². The fraction of sp³-hybridized carbons (Fsp3) is 0.417. The standard InChI is InChI=1S/C24H30N4O3S/c1-23(2,3)18-11-15(12-19(21(18)30)24(4,5)6)20(29)14-32-22-25-26-27-28(22)16-9-8-10-17(13-16)31-7/h8-13,30H,14H2,1-7H3. The van der Waals surface area contributed by atoms with Crippen molar-refractivity contribution in [1.82, 2.24) is 20.2 Å². The zero-order valence-electron chi connectivity index (χ0n) is 19.6. The molecule has 2 aromatic carbocycles. The van der Waals surface area contributed by atoms with Gasteiger partial charge >= 0.3 is 0 Å². The molecule has 0 atom stereocenters. The van der Waals surface area contributed by atoms with E-state index in [1.807, 2.05) is 65.8 Å². The van der Waals surface area contributed by atoms with E-state index in [1.54, 1.807) is 23.9 Å². The van der Waals surface area contributed by atoms with Gasteiger partial charge in [0.25, 0.3) is 0 Å². The van der Waals surface area contributed by atoms with E-state index in [2.05, 4.69) is 15.5 Å². The number of Topliss-reactive ketones (excluding diaryl/α,β-unsaturated/α-hetero) is 1. The molecule has 1 aromatic heterocycles. The van der Waals surface area contributed by atoms with Gasteiger partial charge < -0.3 is 9.84 Å². The Hall–Kier alpha value is -2.87. The molecule has 32 heavy (non-hydrogen) atoms. The van der Waals surface area contributed by atoms with E-state index in [0.717, 1.165) is 16.8 Å². The van der Waals surface area contributed by atoms with Gasteiger partial charge in [-0.15, -0.1) is 5.10 Å². The summed E-state index contributed by atoms with van der Waals surface area (Å²) in [6, 6.07) is 11.0. The number of thioether (sulfide) groups is 1. The number of carbonyl (C=O) groups is 1. The molecule has 3 rings (SSSR count). The maximum absolute atomic E-state index is 13.2. The lowest BCUT2D eigenvalue weighted by molar-refractivity contribution is 0.102. The predicted octanol–water partition coefficient (Wildman–Crippen LogP) is 4.95. The second kappa shape index (κ2) is 8.94. The van der Waals surface area contributed by atoms with Gasteiger partial charge in [0, 0.05) is 22.8 Å². The first-order valence-electron chi connectivity index (χ1n) is 10.4. The fourth-order valence-corrected chi connectivity index (χ4v) is 4.11. The van der Waals surface area contributed by atoms with Crippen LogP contribution in [0.25, 0.3) is 5.69 Å². The van der Waals surface area contributed by atoms with Crippen LogP contribution in [-0.4, -0.2) is 44.0 Å². The van der Waals surface area contributed by atoms with Crippen LogP contribution in [0.3, 0.4) is 0 Å². The predicted molar refractivity (Wildman–Crippen MR) is 126 cm³/mol. The van der Waals surface area contributed by atoms with E-state index in [0.29, 0.717) is 16.5 Å². The Morgan fingerprint density at radius 1 is 1.06 bits per heavy atom. The third-order valence-corrected chi connectivity index (χ3v) is 6.04. The normalized spacial score (nSPS) is 12.1. The van der Waals surface area contributed by atoms with Crippen molar-refractivity contribution >= 4 is 17.5 Å². The zero-order chi connectivity index (χ0) is 23.7. The summed E-state index contributed by atoms with van der Waals surface area (Å²) in [5.41, 5.74) is 2.25. The minimum absolute atomic E-state index is 0.0498. The van der Waals surface area contributed by atoms with Crippen LogP contribution in [0.15, 0.2) is 41.6 Å². The van der Waals surface area contributed by atoms with Gasteiger partial charge in [-0.1, -0.05) is 59.4 Å². The van der Waals surface area contributed by atoms with Gasteiger partial charge in [0.2, 0.25) is 5.16 Å². The molecule has 1 heterocycles. The molecule has 7 nitrogen and oxygen atoms in total. The molecule has 0 aliphatic carbocycles. The Bertz CT molecular complexity index is 1090. The molecule has 3 aromatic rings. The van der Waals surface area contributed by atoms with E-state index < -0.39 is 0 Å². The summed E-state index contributed by atoms with van der Waals surface area (Å²) in [5.74, 6) is 1.07. The number of hydrogen-bond donors (Lipinski definition) is 1. The van der Waals surface area contributed by atoms with Gasteiger partial charge in [-0.2, -0.15) is 4.68 Å². The van der Waals surface area contributed by atoms with Gasteiger partial charge in [-0.05, 0) is 45.5 Å². The van der Waals surface area contributed by atoms with E-state index >= 15 is 0 Å². The highest BCUT2D eigenvalue weighted by Crippen LogP contribution is 2.40. The number of benzene rings is 2. The maximum atomic E-state index is 13.2. The van der Waals surface area contributed by atoms with Crippen LogP contribution in [0.2, 0.25) is 0 Å². The van der Waals surface area contributed by atoms with Crippen molar-refractivity contribution in [3.8, 4) is 17.2 Å². The van der Waals surface area contributed by atoms with Crippen LogP contribution in [0.5, 0.6) is 11.5 Å². The maximum Gasteiger partial charge on any atom is 0.214 e.